The number of halogens is 1. The van der Waals surface area contributed by atoms with Crippen molar-refractivity contribution in [3.8, 4) is 0 Å². The van der Waals surface area contributed by atoms with E-state index in [0.717, 1.165) is 18.7 Å². The Morgan fingerprint density at radius 2 is 1.89 bits per heavy atom. The van der Waals surface area contributed by atoms with E-state index in [4.69, 9.17) is 0 Å². The van der Waals surface area contributed by atoms with Crippen LogP contribution in [0.15, 0.2) is 24.3 Å². The molecule has 2 unspecified atom stereocenters. The second kappa shape index (κ2) is 7.49. The second-order valence-electron chi connectivity index (χ2n) is 5.13. The fourth-order valence-corrected chi connectivity index (χ4v) is 1.95. The number of aliphatic hydroxyl groups is 1. The lowest BCUT2D eigenvalue weighted by molar-refractivity contribution is 0.145. The normalized spacial score (nSPS) is 14.8. The summed E-state index contributed by atoms with van der Waals surface area (Å²) >= 11 is 0. The van der Waals surface area contributed by atoms with Crippen LogP contribution in [-0.2, 0) is 0 Å². The van der Waals surface area contributed by atoms with Gasteiger partial charge in [0.05, 0.1) is 6.10 Å². The van der Waals surface area contributed by atoms with Crippen molar-refractivity contribution in [2.24, 2.45) is 5.92 Å². The number of benzene rings is 1. The molecule has 1 aromatic carbocycles. The van der Waals surface area contributed by atoms with Gasteiger partial charge < -0.3 is 10.0 Å². The van der Waals surface area contributed by atoms with Gasteiger partial charge in [0.15, 0.2) is 0 Å². The lowest BCUT2D eigenvalue weighted by atomic mass is 10.1. The number of aliphatic hydroxyl groups excluding tert-OH is 1. The maximum Gasteiger partial charge on any atom is 0.123 e. The molecular weight excluding hydrogens is 229 g/mol. The summed E-state index contributed by atoms with van der Waals surface area (Å²) in [5.41, 5.74) is 0.785. The van der Waals surface area contributed by atoms with Crippen molar-refractivity contribution in [3.63, 3.8) is 0 Å². The summed E-state index contributed by atoms with van der Waals surface area (Å²) in [6.07, 6.45) is 1.34. The first-order valence-corrected chi connectivity index (χ1v) is 6.65. The highest BCUT2D eigenvalue weighted by atomic mass is 19.1. The van der Waals surface area contributed by atoms with Gasteiger partial charge in [0.2, 0.25) is 0 Å². The van der Waals surface area contributed by atoms with E-state index in [1.165, 1.54) is 18.6 Å². The van der Waals surface area contributed by atoms with E-state index >= 15 is 0 Å². The van der Waals surface area contributed by atoms with Gasteiger partial charge in [0.1, 0.15) is 5.82 Å². The SMILES string of the molecule is CCC(C)CN(C)CCC(O)c1ccc(F)cc1. The molecule has 102 valence electrons. The predicted octanol–water partition coefficient (Wildman–Crippen LogP) is 3.23. The van der Waals surface area contributed by atoms with Crippen molar-refractivity contribution in [1.29, 1.82) is 0 Å². The monoisotopic (exact) mass is 253 g/mol. The molecule has 0 radical (unpaired) electrons. The van der Waals surface area contributed by atoms with E-state index in [0.29, 0.717) is 12.3 Å². The first-order chi connectivity index (χ1) is 8.52. The highest BCUT2D eigenvalue weighted by Crippen LogP contribution is 2.17. The first kappa shape index (κ1) is 15.1. The summed E-state index contributed by atoms with van der Waals surface area (Å²) in [4.78, 5) is 2.24. The Hall–Kier alpha value is -0.930. The van der Waals surface area contributed by atoms with Crippen LogP contribution in [-0.4, -0.2) is 30.1 Å². The minimum atomic E-state index is -0.509. The summed E-state index contributed by atoms with van der Waals surface area (Å²) < 4.78 is 12.8. The van der Waals surface area contributed by atoms with Gasteiger partial charge in [-0.2, -0.15) is 0 Å². The maximum absolute atomic E-state index is 12.8. The van der Waals surface area contributed by atoms with Crippen molar-refractivity contribution >= 4 is 0 Å². The molecule has 0 aliphatic heterocycles. The summed E-state index contributed by atoms with van der Waals surface area (Å²) in [5.74, 6) is 0.415. The van der Waals surface area contributed by atoms with Gasteiger partial charge in [0.25, 0.3) is 0 Å². The van der Waals surface area contributed by atoms with Gasteiger partial charge in [-0.15, -0.1) is 0 Å². The summed E-state index contributed by atoms with van der Waals surface area (Å²) in [6.45, 7) is 6.31. The van der Waals surface area contributed by atoms with E-state index < -0.39 is 6.10 Å². The Morgan fingerprint density at radius 3 is 2.44 bits per heavy atom. The highest BCUT2D eigenvalue weighted by molar-refractivity contribution is 5.18. The van der Waals surface area contributed by atoms with Gasteiger partial charge in [-0.25, -0.2) is 4.39 Å². The molecule has 1 N–H and O–H groups in total. The molecule has 1 rings (SSSR count). The molecule has 0 saturated heterocycles. The standard InChI is InChI=1S/C15H24FNO/c1-4-12(2)11-17(3)10-9-15(18)13-5-7-14(16)8-6-13/h5-8,12,15,18H,4,9-11H2,1-3H3. The van der Waals surface area contributed by atoms with Crippen LogP contribution in [0.2, 0.25) is 0 Å². The van der Waals surface area contributed by atoms with E-state index in [-0.39, 0.29) is 5.82 Å². The topological polar surface area (TPSA) is 23.5 Å². The molecule has 0 spiro atoms. The highest BCUT2D eigenvalue weighted by Gasteiger charge is 2.10. The third-order valence-electron chi connectivity index (χ3n) is 3.36. The molecule has 0 amide bonds. The van der Waals surface area contributed by atoms with Crippen LogP contribution in [0.5, 0.6) is 0 Å². The average Bonchev–Trinajstić information content (AvgIpc) is 2.36. The molecule has 0 aromatic heterocycles. The molecular formula is C15H24FNO. The number of hydrogen-bond donors (Lipinski definition) is 1. The van der Waals surface area contributed by atoms with Crippen molar-refractivity contribution < 1.29 is 9.50 Å². The Kier molecular flexibility index (Phi) is 6.30. The third-order valence-corrected chi connectivity index (χ3v) is 3.36. The van der Waals surface area contributed by atoms with Crippen molar-refractivity contribution in [2.45, 2.75) is 32.8 Å². The fourth-order valence-electron chi connectivity index (χ4n) is 1.95. The van der Waals surface area contributed by atoms with Crippen molar-refractivity contribution in [1.82, 2.24) is 4.90 Å². The molecule has 0 aliphatic carbocycles. The molecule has 1 aromatic rings. The smallest absolute Gasteiger partial charge is 0.123 e. The molecule has 2 atom stereocenters. The fraction of sp³-hybridized carbons (Fsp3) is 0.600. The summed E-state index contributed by atoms with van der Waals surface area (Å²) in [6, 6.07) is 6.08. The van der Waals surface area contributed by atoms with E-state index in [1.807, 2.05) is 0 Å². The Morgan fingerprint density at radius 1 is 1.28 bits per heavy atom. The van der Waals surface area contributed by atoms with Crippen LogP contribution < -0.4 is 0 Å². The zero-order valence-electron chi connectivity index (χ0n) is 11.6. The maximum atomic E-state index is 12.8. The van der Waals surface area contributed by atoms with Gasteiger partial charge in [-0.3, -0.25) is 0 Å². The second-order valence-corrected chi connectivity index (χ2v) is 5.13. The summed E-state index contributed by atoms with van der Waals surface area (Å²) in [5, 5.41) is 10.0. The third kappa shape index (κ3) is 5.15. The number of nitrogens with zero attached hydrogens (tertiary/aromatic N) is 1. The Labute approximate surface area is 109 Å². The molecule has 18 heavy (non-hydrogen) atoms. The lowest BCUT2D eigenvalue weighted by Gasteiger charge is -2.22. The van der Waals surface area contributed by atoms with E-state index in [9.17, 15) is 9.50 Å². The molecule has 0 saturated carbocycles. The molecule has 2 nitrogen and oxygen atoms in total. The zero-order valence-corrected chi connectivity index (χ0v) is 11.6. The lowest BCUT2D eigenvalue weighted by Crippen LogP contribution is -2.26. The number of hydrogen-bond acceptors (Lipinski definition) is 2. The minimum Gasteiger partial charge on any atom is -0.388 e. The van der Waals surface area contributed by atoms with Crippen molar-refractivity contribution in [2.75, 3.05) is 20.1 Å². The van der Waals surface area contributed by atoms with Crippen molar-refractivity contribution in [3.05, 3.63) is 35.6 Å². The largest absolute Gasteiger partial charge is 0.388 e. The molecule has 3 heteroatoms. The van der Waals surface area contributed by atoms with Crippen LogP contribution in [0.1, 0.15) is 38.4 Å². The van der Waals surface area contributed by atoms with Crippen LogP contribution in [0.4, 0.5) is 4.39 Å². The summed E-state index contributed by atoms with van der Waals surface area (Å²) in [7, 11) is 2.07. The zero-order chi connectivity index (χ0) is 13.5. The first-order valence-electron chi connectivity index (χ1n) is 6.65. The van der Waals surface area contributed by atoms with Crippen LogP contribution >= 0.6 is 0 Å². The molecule has 0 heterocycles. The molecule has 0 fully saturated rings. The van der Waals surface area contributed by atoms with Gasteiger partial charge in [-0.1, -0.05) is 32.4 Å². The minimum absolute atomic E-state index is 0.264. The Balaban J connectivity index is 2.36. The molecule has 0 aliphatic rings. The van der Waals surface area contributed by atoms with E-state index in [2.05, 4.69) is 25.8 Å². The van der Waals surface area contributed by atoms with Gasteiger partial charge in [0, 0.05) is 13.1 Å². The van der Waals surface area contributed by atoms with Gasteiger partial charge in [-0.05, 0) is 37.1 Å². The van der Waals surface area contributed by atoms with Crippen LogP contribution in [0.25, 0.3) is 0 Å². The quantitative estimate of drug-likeness (QED) is 0.806. The van der Waals surface area contributed by atoms with E-state index in [1.54, 1.807) is 12.1 Å². The van der Waals surface area contributed by atoms with Gasteiger partial charge >= 0.3 is 0 Å². The van der Waals surface area contributed by atoms with Crippen LogP contribution in [0.3, 0.4) is 0 Å². The molecule has 0 bridgehead atoms. The van der Waals surface area contributed by atoms with Crippen LogP contribution in [0, 0.1) is 11.7 Å². The predicted molar refractivity (Wildman–Crippen MR) is 72.9 cm³/mol. The number of rotatable bonds is 7. The average molecular weight is 253 g/mol. The Bertz CT molecular complexity index is 339.